The normalized spacial score (nSPS) is 20.5. The van der Waals surface area contributed by atoms with Gasteiger partial charge in [0.1, 0.15) is 5.75 Å². The zero-order chi connectivity index (χ0) is 13.7. The second kappa shape index (κ2) is 7.27. The summed E-state index contributed by atoms with van der Waals surface area (Å²) in [4.78, 5) is 2.43. The molecule has 19 heavy (non-hydrogen) atoms. The van der Waals surface area contributed by atoms with Gasteiger partial charge in [-0.05, 0) is 51.0 Å². The van der Waals surface area contributed by atoms with Crippen molar-refractivity contribution in [3.63, 3.8) is 0 Å². The Labute approximate surface area is 124 Å². The lowest BCUT2D eigenvalue weighted by Gasteiger charge is -2.29. The summed E-state index contributed by atoms with van der Waals surface area (Å²) in [5, 5.41) is 3.56. The van der Waals surface area contributed by atoms with Crippen LogP contribution >= 0.6 is 15.9 Å². The van der Waals surface area contributed by atoms with Crippen LogP contribution in [0.3, 0.4) is 0 Å². The number of piperidine rings is 1. The topological polar surface area (TPSA) is 24.5 Å². The molecule has 0 amide bonds. The molecule has 0 radical (unpaired) electrons. The average molecular weight is 327 g/mol. The van der Waals surface area contributed by atoms with E-state index in [0.29, 0.717) is 0 Å². The molecule has 1 heterocycles. The fraction of sp³-hybridized carbons (Fsp3) is 0.600. The first-order valence-electron chi connectivity index (χ1n) is 6.90. The number of ether oxygens (including phenoxy) is 1. The van der Waals surface area contributed by atoms with E-state index in [9.17, 15) is 0 Å². The molecule has 1 atom stereocenters. The van der Waals surface area contributed by atoms with Gasteiger partial charge in [-0.2, -0.15) is 0 Å². The molecule has 3 nitrogen and oxygen atoms in total. The van der Waals surface area contributed by atoms with Gasteiger partial charge in [0.15, 0.2) is 0 Å². The molecule has 1 aromatic carbocycles. The van der Waals surface area contributed by atoms with Gasteiger partial charge in [-0.15, -0.1) is 0 Å². The first kappa shape index (κ1) is 14.8. The summed E-state index contributed by atoms with van der Waals surface area (Å²) in [5.41, 5.74) is 1.22. The van der Waals surface area contributed by atoms with Crippen LogP contribution < -0.4 is 10.1 Å². The van der Waals surface area contributed by atoms with Crippen LogP contribution in [0.15, 0.2) is 22.7 Å². The minimum absolute atomic E-state index is 0.778. The molecule has 0 aliphatic carbocycles. The quantitative estimate of drug-likeness (QED) is 0.900. The van der Waals surface area contributed by atoms with Gasteiger partial charge < -0.3 is 15.0 Å². The van der Waals surface area contributed by atoms with Crippen LogP contribution in [0.4, 0.5) is 0 Å². The third-order valence-corrected chi connectivity index (χ3v) is 4.21. The molecule has 1 aliphatic rings. The summed E-state index contributed by atoms with van der Waals surface area (Å²) in [5.74, 6) is 1.72. The van der Waals surface area contributed by atoms with Crippen molar-refractivity contribution >= 4 is 15.9 Å². The molecule has 1 aliphatic heterocycles. The van der Waals surface area contributed by atoms with Crippen LogP contribution in [-0.2, 0) is 6.54 Å². The molecule has 2 rings (SSSR count). The number of nitrogens with one attached hydrogen (secondary N) is 1. The number of hydrogen-bond donors (Lipinski definition) is 1. The highest BCUT2D eigenvalue weighted by Gasteiger charge is 2.16. The Morgan fingerprint density at radius 3 is 3.05 bits per heavy atom. The second-order valence-corrected chi connectivity index (χ2v) is 6.27. The number of rotatable bonds is 5. The van der Waals surface area contributed by atoms with Crippen molar-refractivity contribution in [3.05, 3.63) is 28.2 Å². The van der Waals surface area contributed by atoms with E-state index in [0.717, 1.165) is 29.2 Å². The van der Waals surface area contributed by atoms with Gasteiger partial charge in [0.05, 0.1) is 7.11 Å². The summed E-state index contributed by atoms with van der Waals surface area (Å²) >= 11 is 3.47. The van der Waals surface area contributed by atoms with E-state index in [4.69, 9.17) is 4.74 Å². The minimum atomic E-state index is 0.778. The third-order valence-electron chi connectivity index (χ3n) is 3.72. The van der Waals surface area contributed by atoms with Crippen molar-refractivity contribution in [2.45, 2.75) is 19.4 Å². The SMILES string of the molecule is COc1cc(Br)ccc1CNC[C@H]1CCCN(C)C1. The van der Waals surface area contributed by atoms with Crippen LogP contribution in [0.2, 0.25) is 0 Å². The first-order valence-corrected chi connectivity index (χ1v) is 7.70. The van der Waals surface area contributed by atoms with E-state index in [-0.39, 0.29) is 0 Å². The van der Waals surface area contributed by atoms with Crippen molar-refractivity contribution < 1.29 is 4.74 Å². The number of hydrogen-bond acceptors (Lipinski definition) is 3. The number of likely N-dealkylation sites (tertiary alicyclic amines) is 1. The summed E-state index contributed by atoms with van der Waals surface area (Å²) in [6.45, 7) is 4.42. The highest BCUT2D eigenvalue weighted by Crippen LogP contribution is 2.23. The fourth-order valence-corrected chi connectivity index (χ4v) is 3.06. The molecule has 0 bridgehead atoms. The lowest BCUT2D eigenvalue weighted by atomic mass is 9.98. The Bertz CT molecular complexity index is 411. The van der Waals surface area contributed by atoms with E-state index in [1.165, 1.54) is 31.5 Å². The lowest BCUT2D eigenvalue weighted by Crippen LogP contribution is -2.37. The van der Waals surface area contributed by atoms with E-state index >= 15 is 0 Å². The van der Waals surface area contributed by atoms with Gasteiger partial charge in [-0.3, -0.25) is 0 Å². The number of methoxy groups -OCH3 is 1. The lowest BCUT2D eigenvalue weighted by molar-refractivity contribution is 0.206. The highest BCUT2D eigenvalue weighted by molar-refractivity contribution is 9.10. The first-order chi connectivity index (χ1) is 9.19. The monoisotopic (exact) mass is 326 g/mol. The molecule has 1 aromatic rings. The van der Waals surface area contributed by atoms with Crippen LogP contribution in [0.1, 0.15) is 18.4 Å². The standard InChI is InChI=1S/C15H23BrN2O/c1-18-7-3-4-12(11-18)9-17-10-13-5-6-14(16)8-15(13)19-2/h5-6,8,12,17H,3-4,7,9-11H2,1-2H3/t12-/m1/s1. The smallest absolute Gasteiger partial charge is 0.124 e. The van der Waals surface area contributed by atoms with Crippen LogP contribution in [0.25, 0.3) is 0 Å². The number of nitrogens with zero attached hydrogens (tertiary/aromatic N) is 1. The van der Waals surface area contributed by atoms with E-state index in [1.807, 2.05) is 6.07 Å². The molecule has 1 saturated heterocycles. The molecule has 1 N–H and O–H groups in total. The molecule has 4 heteroatoms. The van der Waals surface area contributed by atoms with Gasteiger partial charge in [0, 0.05) is 23.1 Å². The molecule has 106 valence electrons. The maximum absolute atomic E-state index is 5.41. The maximum Gasteiger partial charge on any atom is 0.124 e. The summed E-state index contributed by atoms with van der Waals surface area (Å²) < 4.78 is 6.46. The van der Waals surface area contributed by atoms with Crippen molar-refractivity contribution in [1.29, 1.82) is 0 Å². The summed E-state index contributed by atoms with van der Waals surface area (Å²) in [7, 11) is 3.94. The molecule has 0 saturated carbocycles. The second-order valence-electron chi connectivity index (χ2n) is 5.36. The van der Waals surface area contributed by atoms with Gasteiger partial charge >= 0.3 is 0 Å². The Morgan fingerprint density at radius 1 is 1.47 bits per heavy atom. The Morgan fingerprint density at radius 2 is 2.32 bits per heavy atom. The average Bonchev–Trinajstić information content (AvgIpc) is 2.40. The summed E-state index contributed by atoms with van der Waals surface area (Å²) in [6.07, 6.45) is 2.67. The Balaban J connectivity index is 1.82. The highest BCUT2D eigenvalue weighted by atomic mass is 79.9. The van der Waals surface area contributed by atoms with Crippen molar-refractivity contribution in [2.75, 3.05) is 33.8 Å². The predicted octanol–water partition coefficient (Wildman–Crippen LogP) is 2.89. The van der Waals surface area contributed by atoms with Gasteiger partial charge in [0.25, 0.3) is 0 Å². The van der Waals surface area contributed by atoms with Gasteiger partial charge in [-0.25, -0.2) is 0 Å². The van der Waals surface area contributed by atoms with Crippen LogP contribution in [0.5, 0.6) is 5.75 Å². The third kappa shape index (κ3) is 4.48. The van der Waals surface area contributed by atoms with Crippen molar-refractivity contribution in [3.8, 4) is 5.75 Å². The Hall–Kier alpha value is -0.580. The number of halogens is 1. The Kier molecular flexibility index (Phi) is 5.67. The minimum Gasteiger partial charge on any atom is -0.496 e. The fourth-order valence-electron chi connectivity index (χ4n) is 2.72. The van der Waals surface area contributed by atoms with Crippen LogP contribution in [-0.4, -0.2) is 38.7 Å². The van der Waals surface area contributed by atoms with Crippen molar-refractivity contribution in [1.82, 2.24) is 10.2 Å². The molecular weight excluding hydrogens is 304 g/mol. The zero-order valence-corrected chi connectivity index (χ0v) is 13.4. The number of benzene rings is 1. The predicted molar refractivity (Wildman–Crippen MR) is 82.6 cm³/mol. The van der Waals surface area contributed by atoms with Crippen LogP contribution in [0, 0.1) is 5.92 Å². The van der Waals surface area contributed by atoms with Gasteiger partial charge in [0.2, 0.25) is 0 Å². The molecule has 1 fully saturated rings. The molecular formula is C15H23BrN2O. The maximum atomic E-state index is 5.41. The van der Waals surface area contributed by atoms with Crippen molar-refractivity contribution in [2.24, 2.45) is 5.92 Å². The van der Waals surface area contributed by atoms with E-state index in [2.05, 4.69) is 45.3 Å². The molecule has 0 spiro atoms. The molecule has 0 unspecified atom stereocenters. The summed E-state index contributed by atoms with van der Waals surface area (Å²) in [6, 6.07) is 6.20. The van der Waals surface area contributed by atoms with E-state index in [1.54, 1.807) is 7.11 Å². The zero-order valence-electron chi connectivity index (χ0n) is 11.8. The largest absolute Gasteiger partial charge is 0.496 e. The van der Waals surface area contributed by atoms with Gasteiger partial charge in [-0.1, -0.05) is 22.0 Å². The van der Waals surface area contributed by atoms with E-state index < -0.39 is 0 Å². The molecule has 0 aromatic heterocycles.